The van der Waals surface area contributed by atoms with Gasteiger partial charge in [0.2, 0.25) is 0 Å². The third kappa shape index (κ3) is 1.46. The minimum Gasteiger partial charge on any atom is -0.367 e. The molecule has 15 heavy (non-hydrogen) atoms. The minimum atomic E-state index is 0.851. The van der Waals surface area contributed by atoms with Gasteiger partial charge in [0.05, 0.1) is 6.54 Å². The fourth-order valence-electron chi connectivity index (χ4n) is 1.78. The van der Waals surface area contributed by atoms with Gasteiger partial charge in [0, 0.05) is 18.1 Å². The van der Waals surface area contributed by atoms with E-state index in [2.05, 4.69) is 33.5 Å². The normalized spacial score (nSPS) is 15.1. The topological polar surface area (TPSA) is 37.3 Å². The number of hydrogen-bond acceptors (Lipinski definition) is 3. The van der Waals surface area contributed by atoms with E-state index in [4.69, 9.17) is 0 Å². The summed E-state index contributed by atoms with van der Waals surface area (Å²) in [5, 5.41) is 5.60. The van der Waals surface area contributed by atoms with Crippen LogP contribution in [0.15, 0.2) is 41.5 Å². The Kier molecular flexibility index (Phi) is 1.88. The number of nitrogens with zero attached hydrogens (tertiary/aromatic N) is 2. The average molecular weight is 197 g/mol. The first kappa shape index (κ1) is 8.41. The van der Waals surface area contributed by atoms with Crippen molar-refractivity contribution in [3.05, 3.63) is 42.2 Å². The third-order valence-corrected chi connectivity index (χ3v) is 2.55. The molecule has 1 aliphatic rings. The molecule has 0 spiro atoms. The maximum atomic E-state index is 4.40. The molecule has 0 unspecified atom stereocenters. The maximum absolute atomic E-state index is 4.40. The van der Waals surface area contributed by atoms with Gasteiger partial charge in [0.15, 0.2) is 0 Å². The summed E-state index contributed by atoms with van der Waals surface area (Å²) in [5.41, 5.74) is 0.936. The Morgan fingerprint density at radius 3 is 2.80 bits per heavy atom. The lowest BCUT2D eigenvalue weighted by Crippen LogP contribution is -2.20. The highest BCUT2D eigenvalue weighted by Gasteiger charge is 2.09. The lowest BCUT2D eigenvalue weighted by molar-refractivity contribution is 0.958. The molecule has 0 saturated heterocycles. The van der Waals surface area contributed by atoms with Crippen LogP contribution in [-0.2, 0) is 0 Å². The van der Waals surface area contributed by atoms with Gasteiger partial charge in [0.1, 0.15) is 11.5 Å². The zero-order chi connectivity index (χ0) is 10.1. The van der Waals surface area contributed by atoms with Crippen LogP contribution in [0.5, 0.6) is 0 Å². The van der Waals surface area contributed by atoms with Crippen LogP contribution in [0.2, 0.25) is 0 Å². The van der Waals surface area contributed by atoms with E-state index in [1.165, 1.54) is 10.8 Å². The number of pyridine rings is 1. The van der Waals surface area contributed by atoms with Crippen LogP contribution in [0.25, 0.3) is 10.8 Å². The van der Waals surface area contributed by atoms with E-state index in [-0.39, 0.29) is 0 Å². The summed E-state index contributed by atoms with van der Waals surface area (Å²) in [4.78, 5) is 8.75. The number of nitrogens with one attached hydrogen (secondary N) is 1. The number of rotatable bonds is 1. The number of aromatic nitrogens is 1. The number of fused-ring (bicyclic) bond motifs is 1. The molecule has 0 radical (unpaired) electrons. The molecule has 3 nitrogen and oxygen atoms in total. The Labute approximate surface area is 87.9 Å². The molecule has 1 aromatic carbocycles. The molecule has 0 bridgehead atoms. The molecule has 1 aliphatic heterocycles. The fourth-order valence-corrected chi connectivity index (χ4v) is 1.78. The van der Waals surface area contributed by atoms with Crippen molar-refractivity contribution in [3.8, 4) is 0 Å². The SMILES string of the molecule is c1ccc2cc(C3=NCCN3)ncc2c1. The largest absolute Gasteiger partial charge is 0.367 e. The van der Waals surface area contributed by atoms with Gasteiger partial charge in [-0.15, -0.1) is 0 Å². The standard InChI is InChI=1S/C12H11N3/c1-2-4-10-8-15-11(7-9(10)3-1)12-13-5-6-14-12/h1-4,7-8H,5-6H2,(H,13,14). The molecule has 2 heterocycles. The number of benzene rings is 1. The Bertz CT molecular complexity index is 531. The van der Waals surface area contributed by atoms with Crippen molar-refractivity contribution in [1.29, 1.82) is 0 Å². The van der Waals surface area contributed by atoms with Crippen LogP contribution in [0.3, 0.4) is 0 Å². The summed E-state index contributed by atoms with van der Waals surface area (Å²) in [5.74, 6) is 0.917. The van der Waals surface area contributed by atoms with Crippen molar-refractivity contribution >= 4 is 16.6 Å². The highest BCUT2D eigenvalue weighted by molar-refractivity contribution is 6.00. The molecule has 0 atom stereocenters. The van der Waals surface area contributed by atoms with E-state index in [0.29, 0.717) is 0 Å². The van der Waals surface area contributed by atoms with Gasteiger partial charge in [-0.3, -0.25) is 9.98 Å². The summed E-state index contributed by atoms with van der Waals surface area (Å²) in [6.45, 7) is 1.77. The molecular weight excluding hydrogens is 186 g/mol. The van der Waals surface area contributed by atoms with Gasteiger partial charge < -0.3 is 5.32 Å². The zero-order valence-corrected chi connectivity index (χ0v) is 8.27. The predicted octanol–water partition coefficient (Wildman–Crippen LogP) is 1.58. The van der Waals surface area contributed by atoms with Crippen LogP contribution >= 0.6 is 0 Å². The zero-order valence-electron chi connectivity index (χ0n) is 8.27. The molecule has 2 aromatic rings. The second-order valence-corrected chi connectivity index (χ2v) is 3.57. The predicted molar refractivity (Wildman–Crippen MR) is 61.1 cm³/mol. The molecule has 0 amide bonds. The Hall–Kier alpha value is -1.90. The van der Waals surface area contributed by atoms with Gasteiger partial charge in [-0.05, 0) is 11.5 Å². The van der Waals surface area contributed by atoms with Crippen LogP contribution in [-0.4, -0.2) is 23.9 Å². The summed E-state index contributed by atoms with van der Waals surface area (Å²) in [6.07, 6.45) is 1.90. The van der Waals surface area contributed by atoms with Gasteiger partial charge in [-0.2, -0.15) is 0 Å². The van der Waals surface area contributed by atoms with Crippen molar-refractivity contribution in [1.82, 2.24) is 10.3 Å². The minimum absolute atomic E-state index is 0.851. The summed E-state index contributed by atoms with van der Waals surface area (Å²) in [7, 11) is 0. The molecule has 0 saturated carbocycles. The molecular formula is C12H11N3. The van der Waals surface area contributed by atoms with Gasteiger partial charge >= 0.3 is 0 Å². The fraction of sp³-hybridized carbons (Fsp3) is 0.167. The third-order valence-electron chi connectivity index (χ3n) is 2.55. The Balaban J connectivity index is 2.13. The van der Waals surface area contributed by atoms with Crippen LogP contribution in [0, 0.1) is 0 Å². The molecule has 0 fully saturated rings. The van der Waals surface area contributed by atoms with E-state index in [1.807, 2.05) is 18.3 Å². The van der Waals surface area contributed by atoms with Crippen LogP contribution in [0.1, 0.15) is 5.69 Å². The average Bonchev–Trinajstić information content (AvgIpc) is 2.82. The van der Waals surface area contributed by atoms with Gasteiger partial charge in [-0.25, -0.2) is 0 Å². The van der Waals surface area contributed by atoms with Crippen molar-refractivity contribution in [2.75, 3.05) is 13.1 Å². The molecule has 1 N–H and O–H groups in total. The summed E-state index contributed by atoms with van der Waals surface area (Å²) >= 11 is 0. The molecule has 3 rings (SSSR count). The lowest BCUT2D eigenvalue weighted by Gasteiger charge is -2.02. The first-order valence-corrected chi connectivity index (χ1v) is 5.07. The summed E-state index contributed by atoms with van der Waals surface area (Å²) in [6, 6.07) is 10.3. The van der Waals surface area contributed by atoms with Crippen molar-refractivity contribution < 1.29 is 0 Å². The van der Waals surface area contributed by atoms with E-state index < -0.39 is 0 Å². The highest BCUT2D eigenvalue weighted by atomic mass is 15.1. The number of aliphatic imine (C=N–C) groups is 1. The van der Waals surface area contributed by atoms with Gasteiger partial charge in [0.25, 0.3) is 0 Å². The first-order valence-electron chi connectivity index (χ1n) is 5.07. The molecule has 0 aliphatic carbocycles. The monoisotopic (exact) mass is 197 g/mol. The number of amidine groups is 1. The second-order valence-electron chi connectivity index (χ2n) is 3.57. The first-order chi connectivity index (χ1) is 7.43. The second kappa shape index (κ2) is 3.35. The Morgan fingerprint density at radius 2 is 2.00 bits per heavy atom. The van der Waals surface area contributed by atoms with Crippen molar-refractivity contribution in [2.24, 2.45) is 4.99 Å². The lowest BCUT2D eigenvalue weighted by atomic mass is 10.1. The summed E-state index contributed by atoms with van der Waals surface area (Å²) < 4.78 is 0. The smallest absolute Gasteiger partial charge is 0.147 e. The van der Waals surface area contributed by atoms with Crippen molar-refractivity contribution in [3.63, 3.8) is 0 Å². The van der Waals surface area contributed by atoms with E-state index >= 15 is 0 Å². The Morgan fingerprint density at radius 1 is 1.13 bits per heavy atom. The molecule has 3 heteroatoms. The van der Waals surface area contributed by atoms with E-state index in [9.17, 15) is 0 Å². The maximum Gasteiger partial charge on any atom is 0.147 e. The van der Waals surface area contributed by atoms with E-state index in [1.54, 1.807) is 0 Å². The van der Waals surface area contributed by atoms with Crippen molar-refractivity contribution in [2.45, 2.75) is 0 Å². The van der Waals surface area contributed by atoms with E-state index in [0.717, 1.165) is 24.6 Å². The van der Waals surface area contributed by atoms with Crippen LogP contribution in [0.4, 0.5) is 0 Å². The van der Waals surface area contributed by atoms with Crippen LogP contribution < -0.4 is 5.32 Å². The molecule has 74 valence electrons. The highest BCUT2D eigenvalue weighted by Crippen LogP contribution is 2.13. The molecule has 1 aromatic heterocycles. The quantitative estimate of drug-likeness (QED) is 0.753. The number of hydrogen-bond donors (Lipinski definition) is 1. The van der Waals surface area contributed by atoms with Gasteiger partial charge in [-0.1, -0.05) is 24.3 Å².